The number of aliphatic carboxylic acids is 1. The minimum Gasteiger partial charge on any atom is -0.496 e. The van der Waals surface area contributed by atoms with Crippen molar-refractivity contribution in [3.8, 4) is 11.8 Å². The van der Waals surface area contributed by atoms with E-state index in [0.717, 1.165) is 0 Å². The molecule has 0 spiro atoms. The van der Waals surface area contributed by atoms with Crippen molar-refractivity contribution in [1.82, 2.24) is 14.9 Å². The SMILES string of the molecule is COc1ccc(F)cc1[C@H](C(=O)O)N1CCN(c2nccnc2C#N)CC1. The second-order valence-corrected chi connectivity index (χ2v) is 5.99. The number of carboxylic acid groups (broad SMARTS) is 1. The fourth-order valence-electron chi connectivity index (χ4n) is 3.24. The molecule has 0 amide bonds. The van der Waals surface area contributed by atoms with Crippen LogP contribution in [0.4, 0.5) is 10.2 Å². The highest BCUT2D eigenvalue weighted by Gasteiger charge is 2.33. The molecule has 1 aliphatic rings. The van der Waals surface area contributed by atoms with Crippen LogP contribution in [-0.2, 0) is 4.79 Å². The maximum Gasteiger partial charge on any atom is 0.325 e. The van der Waals surface area contributed by atoms with Crippen LogP contribution in [0.1, 0.15) is 17.3 Å². The number of benzene rings is 1. The van der Waals surface area contributed by atoms with E-state index in [4.69, 9.17) is 4.74 Å². The summed E-state index contributed by atoms with van der Waals surface area (Å²) in [5, 5.41) is 18.9. The van der Waals surface area contributed by atoms with Gasteiger partial charge in [0.1, 0.15) is 23.7 Å². The van der Waals surface area contributed by atoms with E-state index < -0.39 is 17.8 Å². The van der Waals surface area contributed by atoms with E-state index >= 15 is 0 Å². The monoisotopic (exact) mass is 371 g/mol. The maximum absolute atomic E-state index is 13.7. The van der Waals surface area contributed by atoms with Crippen LogP contribution in [0.25, 0.3) is 0 Å². The van der Waals surface area contributed by atoms with Gasteiger partial charge >= 0.3 is 5.97 Å². The number of anilines is 1. The summed E-state index contributed by atoms with van der Waals surface area (Å²) in [6, 6.07) is 4.83. The van der Waals surface area contributed by atoms with Gasteiger partial charge in [-0.05, 0) is 18.2 Å². The summed E-state index contributed by atoms with van der Waals surface area (Å²) in [7, 11) is 1.42. The van der Waals surface area contributed by atoms with E-state index in [2.05, 4.69) is 9.97 Å². The molecule has 1 aromatic carbocycles. The molecule has 0 aliphatic carbocycles. The largest absolute Gasteiger partial charge is 0.496 e. The Labute approximate surface area is 155 Å². The molecular weight excluding hydrogens is 353 g/mol. The molecule has 0 radical (unpaired) electrons. The van der Waals surface area contributed by atoms with E-state index in [1.54, 1.807) is 4.90 Å². The highest BCUT2D eigenvalue weighted by molar-refractivity contribution is 5.77. The van der Waals surface area contributed by atoms with Crippen molar-refractivity contribution in [3.05, 3.63) is 47.7 Å². The number of aromatic nitrogens is 2. The number of carboxylic acids is 1. The first-order valence-electron chi connectivity index (χ1n) is 8.31. The molecule has 27 heavy (non-hydrogen) atoms. The highest BCUT2D eigenvalue weighted by atomic mass is 19.1. The highest BCUT2D eigenvalue weighted by Crippen LogP contribution is 2.31. The third kappa shape index (κ3) is 3.80. The summed E-state index contributed by atoms with van der Waals surface area (Å²) in [5.74, 6) is -0.791. The van der Waals surface area contributed by atoms with Gasteiger partial charge in [-0.2, -0.15) is 5.26 Å². The lowest BCUT2D eigenvalue weighted by Crippen LogP contribution is -2.49. The summed E-state index contributed by atoms with van der Waals surface area (Å²) in [5.41, 5.74) is 0.503. The lowest BCUT2D eigenvalue weighted by atomic mass is 10.0. The number of hydrogen-bond donors (Lipinski definition) is 1. The van der Waals surface area contributed by atoms with Crippen LogP contribution < -0.4 is 9.64 Å². The number of methoxy groups -OCH3 is 1. The first kappa shape index (κ1) is 18.5. The minimum absolute atomic E-state index is 0.229. The molecule has 2 heterocycles. The Morgan fingerprint density at radius 3 is 2.63 bits per heavy atom. The maximum atomic E-state index is 13.7. The minimum atomic E-state index is -1.08. The second-order valence-electron chi connectivity index (χ2n) is 5.99. The summed E-state index contributed by atoms with van der Waals surface area (Å²) in [6.07, 6.45) is 2.97. The summed E-state index contributed by atoms with van der Waals surface area (Å²) < 4.78 is 18.9. The van der Waals surface area contributed by atoms with Crippen molar-refractivity contribution >= 4 is 11.8 Å². The van der Waals surface area contributed by atoms with Crippen LogP contribution in [0, 0.1) is 17.1 Å². The van der Waals surface area contributed by atoms with Crippen molar-refractivity contribution in [1.29, 1.82) is 5.26 Å². The molecule has 1 atom stereocenters. The number of ether oxygens (including phenoxy) is 1. The Balaban J connectivity index is 1.82. The van der Waals surface area contributed by atoms with Crippen molar-refractivity contribution in [2.24, 2.45) is 0 Å². The summed E-state index contributed by atoms with van der Waals surface area (Å²) in [4.78, 5) is 23.8. The van der Waals surface area contributed by atoms with Gasteiger partial charge in [-0.15, -0.1) is 0 Å². The molecule has 1 N–H and O–H groups in total. The fourth-order valence-corrected chi connectivity index (χ4v) is 3.24. The Morgan fingerprint density at radius 2 is 2.00 bits per heavy atom. The number of nitriles is 1. The molecule has 1 fully saturated rings. The van der Waals surface area contributed by atoms with E-state index in [0.29, 0.717) is 37.7 Å². The number of rotatable bonds is 5. The number of nitrogens with zero attached hydrogens (tertiary/aromatic N) is 5. The molecule has 1 aliphatic heterocycles. The lowest BCUT2D eigenvalue weighted by Gasteiger charge is -2.38. The Hall–Kier alpha value is -3.25. The quantitative estimate of drug-likeness (QED) is 0.842. The van der Waals surface area contributed by atoms with Gasteiger partial charge in [0.05, 0.1) is 7.11 Å². The zero-order chi connectivity index (χ0) is 19.4. The molecule has 1 saturated heterocycles. The molecule has 9 heteroatoms. The molecule has 140 valence electrons. The lowest BCUT2D eigenvalue weighted by molar-refractivity contribution is -0.143. The van der Waals surface area contributed by atoms with Crippen molar-refractivity contribution in [3.63, 3.8) is 0 Å². The van der Waals surface area contributed by atoms with Crippen LogP contribution >= 0.6 is 0 Å². The van der Waals surface area contributed by atoms with Crippen LogP contribution in [0.15, 0.2) is 30.6 Å². The van der Waals surface area contributed by atoms with Crippen molar-refractivity contribution in [2.75, 3.05) is 38.2 Å². The van der Waals surface area contributed by atoms with Gasteiger partial charge in [0.15, 0.2) is 11.5 Å². The van der Waals surface area contributed by atoms with Crippen molar-refractivity contribution < 1.29 is 19.0 Å². The molecule has 0 bridgehead atoms. The molecule has 2 aromatic rings. The number of carbonyl (C=O) groups is 1. The zero-order valence-electron chi connectivity index (χ0n) is 14.7. The smallest absolute Gasteiger partial charge is 0.325 e. The van der Waals surface area contributed by atoms with Crippen LogP contribution in [0.5, 0.6) is 5.75 Å². The number of halogens is 1. The van der Waals surface area contributed by atoms with E-state index in [-0.39, 0.29) is 11.3 Å². The fraction of sp³-hybridized carbons (Fsp3) is 0.333. The Kier molecular flexibility index (Phi) is 5.47. The first-order valence-corrected chi connectivity index (χ1v) is 8.31. The molecule has 8 nitrogen and oxygen atoms in total. The summed E-state index contributed by atoms with van der Waals surface area (Å²) >= 11 is 0. The van der Waals surface area contributed by atoms with Gasteiger partial charge in [-0.3, -0.25) is 9.69 Å². The standard InChI is InChI=1S/C18H18FN5O3/c1-27-15-3-2-12(19)10-13(15)16(18(25)26)23-6-8-24(9-7-23)17-14(11-20)21-4-5-22-17/h2-5,10,16H,6-9H2,1H3,(H,25,26)/t16-/m1/s1. The van der Waals surface area contributed by atoms with Gasteiger partial charge in [0, 0.05) is 44.1 Å². The van der Waals surface area contributed by atoms with Gasteiger partial charge in [-0.1, -0.05) is 0 Å². The zero-order valence-corrected chi connectivity index (χ0v) is 14.7. The second kappa shape index (κ2) is 7.97. The van der Waals surface area contributed by atoms with E-state index in [1.165, 1.54) is 37.7 Å². The number of hydrogen-bond acceptors (Lipinski definition) is 7. The van der Waals surface area contributed by atoms with E-state index in [9.17, 15) is 19.6 Å². The number of piperazine rings is 1. The van der Waals surface area contributed by atoms with Gasteiger partial charge < -0.3 is 14.7 Å². The predicted molar refractivity (Wildman–Crippen MR) is 93.9 cm³/mol. The summed E-state index contributed by atoms with van der Waals surface area (Å²) in [6.45, 7) is 1.74. The average Bonchev–Trinajstić information content (AvgIpc) is 2.68. The molecule has 0 saturated carbocycles. The predicted octanol–water partition coefficient (Wildman–Crippen LogP) is 1.44. The van der Waals surface area contributed by atoms with Crippen LogP contribution in [0.2, 0.25) is 0 Å². The normalized spacial score (nSPS) is 15.8. The Bertz CT molecular complexity index is 878. The molecular formula is C18H18FN5O3. The molecule has 1 aromatic heterocycles. The average molecular weight is 371 g/mol. The van der Waals surface area contributed by atoms with Crippen molar-refractivity contribution in [2.45, 2.75) is 6.04 Å². The molecule has 3 rings (SSSR count). The van der Waals surface area contributed by atoms with E-state index in [1.807, 2.05) is 11.0 Å². The van der Waals surface area contributed by atoms with Crippen LogP contribution in [0.3, 0.4) is 0 Å². The third-order valence-corrected chi connectivity index (χ3v) is 4.48. The van der Waals surface area contributed by atoms with Crippen LogP contribution in [-0.4, -0.2) is 59.2 Å². The topological polar surface area (TPSA) is 103 Å². The van der Waals surface area contributed by atoms with Gasteiger partial charge in [0.25, 0.3) is 0 Å². The van der Waals surface area contributed by atoms with Gasteiger partial charge in [0.2, 0.25) is 0 Å². The van der Waals surface area contributed by atoms with Gasteiger partial charge in [-0.25, -0.2) is 14.4 Å². The first-order chi connectivity index (χ1) is 13.0. The third-order valence-electron chi connectivity index (χ3n) is 4.48. The Morgan fingerprint density at radius 1 is 1.30 bits per heavy atom. The molecule has 0 unspecified atom stereocenters.